The normalized spacial score (nSPS) is 15.3. The quantitative estimate of drug-likeness (QED) is 0.0318. The van der Waals surface area contributed by atoms with Gasteiger partial charge in [0, 0.05) is 6.42 Å². The highest BCUT2D eigenvalue weighted by Crippen LogP contribution is 2.38. The van der Waals surface area contributed by atoms with Gasteiger partial charge in [-0.2, -0.15) is 0 Å². The molecule has 0 aromatic rings. The molecule has 0 saturated carbocycles. The third kappa shape index (κ3) is 32.8. The van der Waals surface area contributed by atoms with Gasteiger partial charge >= 0.3 is 0 Å². The number of allylic oxidation sites excluding steroid dienone is 7. The van der Waals surface area contributed by atoms with Gasteiger partial charge in [0.05, 0.1) is 39.9 Å². The van der Waals surface area contributed by atoms with E-state index in [0.29, 0.717) is 17.4 Å². The van der Waals surface area contributed by atoms with Crippen molar-refractivity contribution in [3.63, 3.8) is 0 Å². The fraction of sp³-hybridized carbons (Fsp3) is 0.763. The average Bonchev–Trinajstić information content (AvgIpc) is 3.01. The van der Waals surface area contributed by atoms with E-state index in [1.54, 1.807) is 6.08 Å². The van der Waals surface area contributed by atoms with Crippen molar-refractivity contribution in [1.29, 1.82) is 0 Å². The minimum absolute atomic E-state index is 0.00656. The van der Waals surface area contributed by atoms with E-state index in [9.17, 15) is 19.4 Å². The number of nitrogens with zero attached hydrogens (tertiary/aromatic N) is 1. The highest BCUT2D eigenvalue weighted by molar-refractivity contribution is 7.45. The number of phosphoric ester groups is 1. The van der Waals surface area contributed by atoms with Gasteiger partial charge in [-0.1, -0.05) is 120 Å². The first-order valence-corrected chi connectivity index (χ1v) is 20.0. The maximum Gasteiger partial charge on any atom is 0.268 e. The van der Waals surface area contributed by atoms with E-state index < -0.39 is 20.0 Å². The van der Waals surface area contributed by atoms with Crippen LogP contribution in [0.15, 0.2) is 48.6 Å². The molecule has 0 fully saturated rings. The van der Waals surface area contributed by atoms with Crippen LogP contribution in [0.4, 0.5) is 0 Å². The molecule has 0 aromatic carbocycles. The Morgan fingerprint density at radius 2 is 1.23 bits per heavy atom. The van der Waals surface area contributed by atoms with Gasteiger partial charge in [0.1, 0.15) is 13.2 Å². The second kappa shape index (κ2) is 30.5. The Morgan fingerprint density at radius 3 is 1.83 bits per heavy atom. The lowest BCUT2D eigenvalue weighted by atomic mass is 10.1. The van der Waals surface area contributed by atoms with Crippen molar-refractivity contribution < 1.29 is 32.9 Å². The van der Waals surface area contributed by atoms with Crippen LogP contribution in [0.5, 0.6) is 0 Å². The van der Waals surface area contributed by atoms with E-state index in [2.05, 4.69) is 55.6 Å². The molecular weight excluding hydrogens is 611 g/mol. The number of amides is 1. The molecule has 274 valence electrons. The molecule has 0 saturated heterocycles. The van der Waals surface area contributed by atoms with Gasteiger partial charge in [-0.05, 0) is 57.8 Å². The second-order valence-corrected chi connectivity index (χ2v) is 15.0. The molecule has 1 amide bonds. The molecule has 47 heavy (non-hydrogen) atoms. The van der Waals surface area contributed by atoms with Crippen molar-refractivity contribution in [2.75, 3.05) is 40.9 Å². The summed E-state index contributed by atoms with van der Waals surface area (Å²) in [5, 5.41) is 13.5. The van der Waals surface area contributed by atoms with E-state index in [0.717, 1.165) is 70.6 Å². The number of carbonyl (C=O) groups excluding carboxylic acids is 1. The summed E-state index contributed by atoms with van der Waals surface area (Å²) in [4.78, 5) is 25.0. The molecule has 2 N–H and O–H groups in total. The zero-order chi connectivity index (χ0) is 35.1. The number of rotatable bonds is 32. The maximum atomic E-state index is 12.7. The summed E-state index contributed by atoms with van der Waals surface area (Å²) < 4.78 is 22.9. The van der Waals surface area contributed by atoms with Crippen LogP contribution in [0.2, 0.25) is 0 Å². The number of aliphatic hydroxyl groups is 1. The Bertz CT molecular complexity index is 912. The molecule has 3 unspecified atom stereocenters. The first-order valence-electron chi connectivity index (χ1n) is 18.5. The highest BCUT2D eigenvalue weighted by atomic mass is 31.2. The summed E-state index contributed by atoms with van der Waals surface area (Å²) in [6.07, 6.45) is 36.1. The molecular formula is C38H71N2O6P. The third-order valence-corrected chi connectivity index (χ3v) is 8.75. The number of hydrogen-bond acceptors (Lipinski definition) is 6. The topological polar surface area (TPSA) is 108 Å². The van der Waals surface area contributed by atoms with E-state index >= 15 is 0 Å². The Labute approximate surface area is 289 Å². The van der Waals surface area contributed by atoms with Crippen LogP contribution < -0.4 is 10.2 Å². The Balaban J connectivity index is 4.36. The second-order valence-electron chi connectivity index (χ2n) is 13.6. The molecule has 0 heterocycles. The lowest BCUT2D eigenvalue weighted by Crippen LogP contribution is -2.45. The van der Waals surface area contributed by atoms with Crippen LogP contribution in [0.25, 0.3) is 0 Å². The summed E-state index contributed by atoms with van der Waals surface area (Å²) in [7, 11) is 1.24. The molecule has 0 bridgehead atoms. The number of quaternary nitrogens is 1. The SMILES string of the molecule is CCCCC/C=C\C/C=C\C/C=C\CCCCCCCCC(=O)NC(COP(=O)([O-])OCC[N+](C)(C)C)C(O)/C=C/CCCCCC. The molecule has 0 rings (SSSR count). The minimum atomic E-state index is -4.57. The number of hydrogen-bond donors (Lipinski definition) is 2. The fourth-order valence-electron chi connectivity index (χ4n) is 4.74. The first kappa shape index (κ1) is 45.5. The maximum absolute atomic E-state index is 12.7. The molecule has 0 aliphatic rings. The number of nitrogens with one attached hydrogen (secondary N) is 1. The highest BCUT2D eigenvalue weighted by Gasteiger charge is 2.23. The summed E-state index contributed by atoms with van der Waals surface area (Å²) in [5.41, 5.74) is 0. The smallest absolute Gasteiger partial charge is 0.268 e. The van der Waals surface area contributed by atoms with Crippen molar-refractivity contribution in [3.05, 3.63) is 48.6 Å². The van der Waals surface area contributed by atoms with E-state index in [-0.39, 0.29) is 19.1 Å². The molecule has 3 atom stereocenters. The van der Waals surface area contributed by atoms with Crippen LogP contribution in [-0.2, 0) is 18.4 Å². The van der Waals surface area contributed by atoms with Gasteiger partial charge in [0.15, 0.2) is 0 Å². The summed E-state index contributed by atoms with van der Waals surface area (Å²) in [6, 6.07) is -0.889. The van der Waals surface area contributed by atoms with Crippen molar-refractivity contribution >= 4 is 13.7 Å². The van der Waals surface area contributed by atoms with Crippen LogP contribution in [0.3, 0.4) is 0 Å². The molecule has 0 aliphatic heterocycles. The van der Waals surface area contributed by atoms with Crippen LogP contribution in [0.1, 0.15) is 136 Å². The predicted molar refractivity (Wildman–Crippen MR) is 196 cm³/mol. The average molecular weight is 683 g/mol. The van der Waals surface area contributed by atoms with E-state index in [4.69, 9.17) is 9.05 Å². The zero-order valence-electron chi connectivity index (χ0n) is 30.7. The number of likely N-dealkylation sites (N-methyl/N-ethyl adjacent to an activating group) is 1. The lowest BCUT2D eigenvalue weighted by molar-refractivity contribution is -0.870. The van der Waals surface area contributed by atoms with Crippen LogP contribution in [0, 0.1) is 0 Å². The monoisotopic (exact) mass is 683 g/mol. The van der Waals surface area contributed by atoms with Gasteiger partial charge in [-0.3, -0.25) is 9.36 Å². The number of phosphoric acid groups is 1. The van der Waals surface area contributed by atoms with Crippen molar-refractivity contribution in [1.82, 2.24) is 5.32 Å². The van der Waals surface area contributed by atoms with Crippen LogP contribution in [-0.4, -0.2) is 68.5 Å². The molecule has 0 spiro atoms. The summed E-state index contributed by atoms with van der Waals surface area (Å²) in [5.74, 6) is -0.220. The Morgan fingerprint density at radius 1 is 0.745 bits per heavy atom. The molecule has 8 nitrogen and oxygen atoms in total. The number of aliphatic hydroxyl groups excluding tert-OH is 1. The van der Waals surface area contributed by atoms with Gasteiger partial charge in [0.25, 0.3) is 7.82 Å². The fourth-order valence-corrected chi connectivity index (χ4v) is 5.47. The van der Waals surface area contributed by atoms with Gasteiger partial charge in [-0.25, -0.2) is 0 Å². The number of unbranched alkanes of at least 4 members (excludes halogenated alkanes) is 13. The largest absolute Gasteiger partial charge is 0.756 e. The lowest BCUT2D eigenvalue weighted by Gasteiger charge is -2.29. The van der Waals surface area contributed by atoms with Crippen molar-refractivity contribution in [2.45, 2.75) is 148 Å². The summed E-state index contributed by atoms with van der Waals surface area (Å²) >= 11 is 0. The van der Waals surface area contributed by atoms with Gasteiger partial charge in [0.2, 0.25) is 5.91 Å². The molecule has 9 heteroatoms. The van der Waals surface area contributed by atoms with Gasteiger partial charge in [-0.15, -0.1) is 0 Å². The van der Waals surface area contributed by atoms with E-state index in [1.165, 1.54) is 44.9 Å². The molecule has 0 radical (unpaired) electrons. The van der Waals surface area contributed by atoms with Crippen molar-refractivity contribution in [3.8, 4) is 0 Å². The Hall–Kier alpha value is -1.54. The van der Waals surface area contributed by atoms with E-state index in [1.807, 2.05) is 27.2 Å². The van der Waals surface area contributed by atoms with Crippen molar-refractivity contribution in [2.24, 2.45) is 0 Å². The summed E-state index contributed by atoms with van der Waals surface area (Å²) in [6.45, 7) is 4.49. The standard InChI is InChI=1S/C38H71N2O6P/c1-6-8-10-12-14-15-16-17-18-19-20-21-22-23-24-25-26-28-30-32-38(42)39-36(37(41)31-29-27-13-11-9-7-2)35-46-47(43,44)45-34-33-40(3,4)5/h14-15,17-18,20-21,29,31,36-37,41H,6-13,16,19,22-28,30,32-35H2,1-5H3,(H-,39,42,43,44)/b15-14-,18-17-,21-20-,31-29+. The predicted octanol–water partition coefficient (Wildman–Crippen LogP) is 8.72. The van der Waals surface area contributed by atoms with Gasteiger partial charge < -0.3 is 28.8 Å². The number of carbonyl (C=O) groups is 1. The minimum Gasteiger partial charge on any atom is -0.756 e. The van der Waals surface area contributed by atoms with Crippen LogP contribution >= 0.6 is 7.82 Å². The first-order chi connectivity index (χ1) is 22.5. The molecule has 0 aliphatic carbocycles. The third-order valence-electron chi connectivity index (χ3n) is 7.78. The molecule has 0 aromatic heterocycles. The Kier molecular flexibility index (Phi) is 29.5. The zero-order valence-corrected chi connectivity index (χ0v) is 31.6.